The second kappa shape index (κ2) is 4.23. The van der Waals surface area contributed by atoms with Crippen LogP contribution in [0.4, 0.5) is 0 Å². The van der Waals surface area contributed by atoms with Crippen LogP contribution in [0, 0.1) is 0 Å². The number of hydrogen-bond donors (Lipinski definition) is 0. The van der Waals surface area contributed by atoms with Crippen molar-refractivity contribution in [3.63, 3.8) is 0 Å². The van der Waals surface area contributed by atoms with E-state index < -0.39 is 0 Å². The SMILES string of the molecule is COc1c(C(C)=O)ccnc1CCl. The molecule has 0 radical (unpaired) electrons. The van der Waals surface area contributed by atoms with Gasteiger partial charge in [0, 0.05) is 6.20 Å². The molecule has 0 atom stereocenters. The summed E-state index contributed by atoms with van der Waals surface area (Å²) in [5.74, 6) is 0.667. The number of pyridine rings is 1. The predicted octanol–water partition coefficient (Wildman–Crippen LogP) is 2.03. The Morgan fingerprint density at radius 2 is 2.38 bits per heavy atom. The molecular formula is C9H10ClNO2. The zero-order valence-electron chi connectivity index (χ0n) is 7.50. The smallest absolute Gasteiger partial charge is 0.163 e. The summed E-state index contributed by atoms with van der Waals surface area (Å²) in [4.78, 5) is 15.1. The molecule has 0 fully saturated rings. The van der Waals surface area contributed by atoms with Gasteiger partial charge >= 0.3 is 0 Å². The van der Waals surface area contributed by atoms with Gasteiger partial charge in [-0.2, -0.15) is 0 Å². The van der Waals surface area contributed by atoms with Crippen molar-refractivity contribution in [3.05, 3.63) is 23.5 Å². The lowest BCUT2D eigenvalue weighted by molar-refractivity contribution is 0.101. The number of hydrogen-bond acceptors (Lipinski definition) is 3. The zero-order chi connectivity index (χ0) is 9.84. The molecule has 0 amide bonds. The Bertz CT molecular complexity index is 325. The maximum absolute atomic E-state index is 11.1. The first kappa shape index (κ1) is 9.99. The van der Waals surface area contributed by atoms with Crippen LogP contribution in [0.3, 0.4) is 0 Å². The molecule has 0 saturated heterocycles. The summed E-state index contributed by atoms with van der Waals surface area (Å²) in [6, 6.07) is 1.62. The number of carbonyl (C=O) groups is 1. The predicted molar refractivity (Wildman–Crippen MR) is 50.4 cm³/mol. The van der Waals surface area contributed by atoms with Gasteiger partial charge in [-0.3, -0.25) is 9.78 Å². The molecule has 0 aliphatic heterocycles. The standard InChI is InChI=1S/C9H10ClNO2/c1-6(12)7-3-4-11-8(5-10)9(7)13-2/h3-4H,5H2,1-2H3. The van der Waals surface area contributed by atoms with Crippen molar-refractivity contribution in [1.29, 1.82) is 0 Å². The van der Waals surface area contributed by atoms with Gasteiger partial charge in [0.1, 0.15) is 0 Å². The molecule has 70 valence electrons. The van der Waals surface area contributed by atoms with Crippen LogP contribution in [0.5, 0.6) is 5.75 Å². The van der Waals surface area contributed by atoms with E-state index in [2.05, 4.69) is 4.98 Å². The summed E-state index contributed by atoms with van der Waals surface area (Å²) in [5.41, 5.74) is 1.12. The van der Waals surface area contributed by atoms with Crippen LogP contribution in [-0.2, 0) is 5.88 Å². The fourth-order valence-corrected chi connectivity index (χ4v) is 1.28. The number of carbonyl (C=O) groups excluding carboxylic acids is 1. The van der Waals surface area contributed by atoms with Crippen molar-refractivity contribution in [2.24, 2.45) is 0 Å². The molecule has 1 heterocycles. The molecule has 1 rings (SSSR count). The first-order valence-corrected chi connectivity index (χ1v) is 4.33. The van der Waals surface area contributed by atoms with E-state index >= 15 is 0 Å². The van der Waals surface area contributed by atoms with Crippen LogP contribution >= 0.6 is 11.6 Å². The van der Waals surface area contributed by atoms with E-state index in [0.717, 1.165) is 0 Å². The summed E-state index contributed by atoms with van der Waals surface area (Å²) < 4.78 is 5.06. The molecular weight excluding hydrogens is 190 g/mol. The van der Waals surface area contributed by atoms with Crippen molar-refractivity contribution >= 4 is 17.4 Å². The van der Waals surface area contributed by atoms with Crippen LogP contribution in [0.25, 0.3) is 0 Å². The molecule has 0 aliphatic rings. The van der Waals surface area contributed by atoms with E-state index in [1.54, 1.807) is 12.3 Å². The molecule has 4 heteroatoms. The van der Waals surface area contributed by atoms with Gasteiger partial charge in [0.15, 0.2) is 11.5 Å². The third-order valence-corrected chi connectivity index (χ3v) is 1.94. The van der Waals surface area contributed by atoms with Crippen molar-refractivity contribution in [2.45, 2.75) is 12.8 Å². The Kier molecular flexibility index (Phi) is 3.25. The molecule has 0 aromatic carbocycles. The van der Waals surface area contributed by atoms with E-state index in [1.165, 1.54) is 14.0 Å². The molecule has 0 N–H and O–H groups in total. The van der Waals surface area contributed by atoms with Gasteiger partial charge in [0.25, 0.3) is 0 Å². The van der Waals surface area contributed by atoms with Gasteiger partial charge in [0.05, 0.1) is 24.2 Å². The molecule has 0 spiro atoms. The number of alkyl halides is 1. The monoisotopic (exact) mass is 199 g/mol. The molecule has 1 aromatic heterocycles. The lowest BCUT2D eigenvalue weighted by atomic mass is 10.1. The summed E-state index contributed by atoms with van der Waals surface area (Å²) in [6.07, 6.45) is 1.55. The molecule has 13 heavy (non-hydrogen) atoms. The van der Waals surface area contributed by atoms with Crippen LogP contribution in [0.2, 0.25) is 0 Å². The highest BCUT2D eigenvalue weighted by Gasteiger charge is 2.12. The number of halogens is 1. The lowest BCUT2D eigenvalue weighted by Gasteiger charge is -2.08. The Hall–Kier alpha value is -1.09. The van der Waals surface area contributed by atoms with Gasteiger partial charge in [-0.1, -0.05) is 0 Å². The van der Waals surface area contributed by atoms with Gasteiger partial charge in [0.2, 0.25) is 0 Å². The quantitative estimate of drug-likeness (QED) is 0.553. The fourth-order valence-electron chi connectivity index (χ4n) is 1.09. The van der Waals surface area contributed by atoms with E-state index in [-0.39, 0.29) is 11.7 Å². The number of aromatic nitrogens is 1. The third-order valence-electron chi connectivity index (χ3n) is 1.69. The Labute approximate surface area is 81.7 Å². The second-order valence-corrected chi connectivity index (χ2v) is 2.80. The summed E-state index contributed by atoms with van der Waals surface area (Å²) >= 11 is 5.63. The van der Waals surface area contributed by atoms with Crippen LogP contribution in [0.15, 0.2) is 12.3 Å². The van der Waals surface area contributed by atoms with Gasteiger partial charge < -0.3 is 4.74 Å². The van der Waals surface area contributed by atoms with Gasteiger partial charge in [-0.05, 0) is 13.0 Å². The zero-order valence-corrected chi connectivity index (χ0v) is 8.26. The highest BCUT2D eigenvalue weighted by atomic mass is 35.5. The highest BCUT2D eigenvalue weighted by Crippen LogP contribution is 2.23. The van der Waals surface area contributed by atoms with Crippen LogP contribution < -0.4 is 4.74 Å². The van der Waals surface area contributed by atoms with Crippen molar-refractivity contribution in [2.75, 3.05) is 7.11 Å². The molecule has 3 nitrogen and oxygen atoms in total. The second-order valence-electron chi connectivity index (χ2n) is 2.53. The van der Waals surface area contributed by atoms with Crippen LogP contribution in [0.1, 0.15) is 23.0 Å². The van der Waals surface area contributed by atoms with E-state index in [0.29, 0.717) is 17.0 Å². The minimum Gasteiger partial charge on any atom is -0.494 e. The minimum absolute atomic E-state index is 0.0504. The Morgan fingerprint density at radius 1 is 1.69 bits per heavy atom. The van der Waals surface area contributed by atoms with Crippen molar-refractivity contribution in [3.8, 4) is 5.75 Å². The maximum Gasteiger partial charge on any atom is 0.163 e. The maximum atomic E-state index is 11.1. The number of Topliss-reactive ketones (excluding diaryl/α,β-unsaturated/α-hetero) is 1. The first-order chi connectivity index (χ1) is 6.20. The Balaban J connectivity index is 3.27. The van der Waals surface area contributed by atoms with E-state index in [1.807, 2.05) is 0 Å². The number of ether oxygens (including phenoxy) is 1. The van der Waals surface area contributed by atoms with E-state index in [4.69, 9.17) is 16.3 Å². The Morgan fingerprint density at radius 3 is 2.85 bits per heavy atom. The fraction of sp³-hybridized carbons (Fsp3) is 0.333. The van der Waals surface area contributed by atoms with Gasteiger partial charge in [-0.15, -0.1) is 11.6 Å². The topological polar surface area (TPSA) is 39.2 Å². The summed E-state index contributed by atoms with van der Waals surface area (Å²) in [5, 5.41) is 0. The largest absolute Gasteiger partial charge is 0.494 e. The summed E-state index contributed by atoms with van der Waals surface area (Å²) in [6.45, 7) is 1.48. The van der Waals surface area contributed by atoms with Crippen molar-refractivity contribution < 1.29 is 9.53 Å². The molecule has 0 bridgehead atoms. The minimum atomic E-state index is -0.0504. The van der Waals surface area contributed by atoms with E-state index in [9.17, 15) is 4.79 Å². The first-order valence-electron chi connectivity index (χ1n) is 3.79. The number of methoxy groups -OCH3 is 1. The van der Waals surface area contributed by atoms with Crippen LogP contribution in [-0.4, -0.2) is 17.9 Å². The average Bonchev–Trinajstić information content (AvgIpc) is 2.16. The molecule has 1 aromatic rings. The third kappa shape index (κ3) is 1.98. The summed E-state index contributed by atoms with van der Waals surface area (Å²) in [7, 11) is 1.50. The molecule has 0 unspecified atom stereocenters. The number of ketones is 1. The highest BCUT2D eigenvalue weighted by molar-refractivity contribution is 6.17. The number of rotatable bonds is 3. The average molecular weight is 200 g/mol. The van der Waals surface area contributed by atoms with Gasteiger partial charge in [-0.25, -0.2) is 0 Å². The number of nitrogens with zero attached hydrogens (tertiary/aromatic N) is 1. The molecule has 0 aliphatic carbocycles. The lowest BCUT2D eigenvalue weighted by Crippen LogP contribution is -2.02. The van der Waals surface area contributed by atoms with Crippen molar-refractivity contribution in [1.82, 2.24) is 4.98 Å². The molecule has 0 saturated carbocycles. The normalized spacial score (nSPS) is 9.77.